The van der Waals surface area contributed by atoms with Gasteiger partial charge in [0.05, 0.1) is 25.8 Å². The van der Waals surface area contributed by atoms with Crippen LogP contribution in [0.4, 0.5) is 0 Å². The Morgan fingerprint density at radius 2 is 2.26 bits per heavy atom. The topological polar surface area (TPSA) is 29.9 Å². The minimum atomic E-state index is 0.0992. The molecule has 19 heavy (non-hydrogen) atoms. The van der Waals surface area contributed by atoms with Gasteiger partial charge in [0.1, 0.15) is 0 Å². The van der Waals surface area contributed by atoms with Crippen molar-refractivity contribution in [1.82, 2.24) is 15.1 Å². The first kappa shape index (κ1) is 15.3. The van der Waals surface area contributed by atoms with Crippen LogP contribution in [0.15, 0.2) is 17.6 Å². The normalized spacial score (nSPS) is 13.2. The Morgan fingerprint density at radius 3 is 2.79 bits per heavy atom. The van der Waals surface area contributed by atoms with Gasteiger partial charge in [-0.15, -0.1) is 11.3 Å². The van der Waals surface area contributed by atoms with Crippen LogP contribution in [0.2, 0.25) is 5.02 Å². The molecule has 3 nitrogen and oxygen atoms in total. The standard InChI is InChI=1S/C13H17ClIN3S/c1-4-16-12(9-5-11(15)19-7-9)13-10(14)6-17-18(13)8(2)3/h5-8,12,16H,4H2,1-3H3. The highest BCUT2D eigenvalue weighted by molar-refractivity contribution is 14.1. The minimum absolute atomic E-state index is 0.0992. The van der Waals surface area contributed by atoms with Crippen LogP contribution >= 0.6 is 45.5 Å². The van der Waals surface area contributed by atoms with Crippen molar-refractivity contribution in [1.29, 1.82) is 0 Å². The van der Waals surface area contributed by atoms with E-state index in [4.69, 9.17) is 11.6 Å². The molecule has 0 radical (unpaired) electrons. The van der Waals surface area contributed by atoms with Gasteiger partial charge in [-0.25, -0.2) is 0 Å². The Bertz CT molecular complexity index is 550. The summed E-state index contributed by atoms with van der Waals surface area (Å²) in [6.07, 6.45) is 1.73. The molecule has 0 saturated carbocycles. The Labute approximate surface area is 136 Å². The molecule has 0 aliphatic heterocycles. The van der Waals surface area contributed by atoms with Crippen molar-refractivity contribution in [2.24, 2.45) is 0 Å². The highest BCUT2D eigenvalue weighted by Gasteiger charge is 2.23. The average Bonchev–Trinajstić information content (AvgIpc) is 2.93. The van der Waals surface area contributed by atoms with Crippen LogP contribution in [0.5, 0.6) is 0 Å². The fourth-order valence-electron chi connectivity index (χ4n) is 2.08. The zero-order chi connectivity index (χ0) is 14.0. The summed E-state index contributed by atoms with van der Waals surface area (Å²) in [4.78, 5) is 0. The fraction of sp³-hybridized carbons (Fsp3) is 0.462. The van der Waals surface area contributed by atoms with Gasteiger partial charge in [0.2, 0.25) is 0 Å². The molecule has 0 fully saturated rings. The zero-order valence-corrected chi connectivity index (χ0v) is 14.9. The number of halogens is 2. The molecule has 0 aliphatic carbocycles. The van der Waals surface area contributed by atoms with Crippen molar-refractivity contribution in [3.63, 3.8) is 0 Å². The molecule has 2 aromatic rings. The molecule has 1 unspecified atom stereocenters. The van der Waals surface area contributed by atoms with Crippen molar-refractivity contribution in [3.05, 3.63) is 36.8 Å². The number of hydrogen-bond acceptors (Lipinski definition) is 3. The van der Waals surface area contributed by atoms with Gasteiger partial charge in [0, 0.05) is 6.04 Å². The number of rotatable bonds is 5. The first-order chi connectivity index (χ1) is 9.04. The number of hydrogen-bond donors (Lipinski definition) is 1. The predicted molar refractivity (Wildman–Crippen MR) is 90.2 cm³/mol. The summed E-state index contributed by atoms with van der Waals surface area (Å²) in [6, 6.07) is 2.59. The third-order valence-corrected chi connectivity index (χ3v) is 4.98. The Kier molecular flexibility index (Phi) is 5.28. The molecular weight excluding hydrogens is 393 g/mol. The molecule has 1 atom stereocenters. The van der Waals surface area contributed by atoms with Crippen LogP contribution in [-0.4, -0.2) is 16.3 Å². The van der Waals surface area contributed by atoms with Gasteiger partial charge >= 0.3 is 0 Å². The van der Waals surface area contributed by atoms with E-state index in [2.05, 4.69) is 65.2 Å². The van der Waals surface area contributed by atoms with E-state index in [0.717, 1.165) is 17.3 Å². The summed E-state index contributed by atoms with van der Waals surface area (Å²) in [5.41, 5.74) is 2.30. The van der Waals surface area contributed by atoms with Crippen molar-refractivity contribution in [3.8, 4) is 0 Å². The molecule has 104 valence electrons. The van der Waals surface area contributed by atoms with Gasteiger partial charge in [-0.1, -0.05) is 18.5 Å². The lowest BCUT2D eigenvalue weighted by molar-refractivity contribution is 0.477. The summed E-state index contributed by atoms with van der Waals surface area (Å²) in [7, 11) is 0. The molecule has 0 aliphatic rings. The van der Waals surface area contributed by atoms with Crippen molar-refractivity contribution < 1.29 is 0 Å². The van der Waals surface area contributed by atoms with E-state index in [1.807, 2.05) is 4.68 Å². The van der Waals surface area contributed by atoms with Gasteiger partial charge in [0.15, 0.2) is 0 Å². The molecule has 0 amide bonds. The van der Waals surface area contributed by atoms with E-state index in [-0.39, 0.29) is 6.04 Å². The third kappa shape index (κ3) is 3.32. The van der Waals surface area contributed by atoms with E-state index >= 15 is 0 Å². The quantitative estimate of drug-likeness (QED) is 0.738. The number of aromatic nitrogens is 2. The minimum Gasteiger partial charge on any atom is -0.305 e. The Balaban J connectivity index is 2.47. The van der Waals surface area contributed by atoms with Gasteiger partial charge in [-0.05, 0) is 60.0 Å². The van der Waals surface area contributed by atoms with E-state index in [9.17, 15) is 0 Å². The zero-order valence-electron chi connectivity index (χ0n) is 11.2. The van der Waals surface area contributed by atoms with Crippen molar-refractivity contribution in [2.45, 2.75) is 32.9 Å². The summed E-state index contributed by atoms with van der Waals surface area (Å²) in [6.45, 7) is 7.23. The molecule has 0 saturated heterocycles. The molecule has 2 aromatic heterocycles. The van der Waals surface area contributed by atoms with Gasteiger partial charge in [0.25, 0.3) is 0 Å². The summed E-state index contributed by atoms with van der Waals surface area (Å²) in [5, 5.41) is 10.8. The van der Waals surface area contributed by atoms with Crippen LogP contribution in [0.3, 0.4) is 0 Å². The van der Waals surface area contributed by atoms with Gasteiger partial charge < -0.3 is 5.32 Å². The highest BCUT2D eigenvalue weighted by Crippen LogP contribution is 2.32. The van der Waals surface area contributed by atoms with Crippen molar-refractivity contribution in [2.75, 3.05) is 6.54 Å². The van der Waals surface area contributed by atoms with Crippen LogP contribution in [0.25, 0.3) is 0 Å². The Morgan fingerprint density at radius 1 is 1.53 bits per heavy atom. The number of thiophene rings is 1. The Hall–Kier alpha value is -0.110. The molecule has 6 heteroatoms. The largest absolute Gasteiger partial charge is 0.305 e. The maximum atomic E-state index is 6.35. The van der Waals surface area contributed by atoms with Gasteiger partial charge in [-0.3, -0.25) is 4.68 Å². The van der Waals surface area contributed by atoms with E-state index in [1.165, 1.54) is 8.45 Å². The number of nitrogens with one attached hydrogen (secondary N) is 1. The van der Waals surface area contributed by atoms with E-state index < -0.39 is 0 Å². The molecular formula is C13H17ClIN3S. The third-order valence-electron chi connectivity index (χ3n) is 2.88. The van der Waals surface area contributed by atoms with Crippen molar-refractivity contribution >= 4 is 45.5 Å². The first-order valence-electron chi connectivity index (χ1n) is 6.24. The van der Waals surface area contributed by atoms with Crippen LogP contribution in [-0.2, 0) is 0 Å². The molecule has 2 heterocycles. The molecule has 0 bridgehead atoms. The first-order valence-corrected chi connectivity index (χ1v) is 8.58. The monoisotopic (exact) mass is 409 g/mol. The summed E-state index contributed by atoms with van der Waals surface area (Å²) >= 11 is 10.5. The van der Waals surface area contributed by atoms with Crippen LogP contribution < -0.4 is 5.32 Å². The second-order valence-electron chi connectivity index (χ2n) is 4.59. The van der Waals surface area contributed by atoms with Gasteiger partial charge in [-0.2, -0.15) is 5.10 Å². The molecule has 2 rings (SSSR count). The second kappa shape index (κ2) is 6.56. The lowest BCUT2D eigenvalue weighted by Gasteiger charge is -2.21. The summed E-state index contributed by atoms with van der Waals surface area (Å²) in [5.74, 6) is 0. The molecule has 0 spiro atoms. The maximum Gasteiger partial charge on any atom is 0.0837 e. The predicted octanol–water partition coefficient (Wildman–Crippen LogP) is 4.48. The van der Waals surface area contributed by atoms with Crippen LogP contribution in [0.1, 0.15) is 44.1 Å². The average molecular weight is 410 g/mol. The molecule has 0 aromatic carbocycles. The SMILES string of the molecule is CCNC(c1csc(I)c1)c1c(Cl)cnn1C(C)C. The maximum absolute atomic E-state index is 6.35. The van der Waals surface area contributed by atoms with E-state index in [0.29, 0.717) is 6.04 Å². The fourth-order valence-corrected chi connectivity index (χ4v) is 3.72. The lowest BCUT2D eigenvalue weighted by atomic mass is 10.1. The smallest absolute Gasteiger partial charge is 0.0837 e. The number of nitrogens with zero attached hydrogens (tertiary/aromatic N) is 2. The second-order valence-corrected chi connectivity index (χ2v) is 7.80. The van der Waals surface area contributed by atoms with E-state index in [1.54, 1.807) is 17.5 Å². The molecule has 1 N–H and O–H groups in total. The highest BCUT2D eigenvalue weighted by atomic mass is 127. The summed E-state index contributed by atoms with van der Waals surface area (Å²) < 4.78 is 3.28. The lowest BCUT2D eigenvalue weighted by Crippen LogP contribution is -2.25. The van der Waals surface area contributed by atoms with Crippen LogP contribution in [0, 0.1) is 2.88 Å².